The topological polar surface area (TPSA) is 91.3 Å². The lowest BCUT2D eigenvalue weighted by atomic mass is 9.48. The van der Waals surface area contributed by atoms with Crippen molar-refractivity contribution in [3.63, 3.8) is 0 Å². The lowest BCUT2D eigenvalue weighted by Crippen LogP contribution is -2.57. The Morgan fingerprint density at radius 2 is 1.90 bits per heavy atom. The Balaban J connectivity index is 1.50. The standard InChI is InChI=1S/C22H24Cl2N4O/c23-15-1-2-16(17(24)7-15)22(3-4-22)20(27-11-25)28-18-13-5-12-6-14(18)10-21(8-12,9-13)19(26)29/h1-2,7,12-14,18H,3-6,8-10H2,(H2,26,29)(H,27,28). The Hall–Kier alpha value is -1.77. The molecule has 5 nitrogen and oxygen atoms in total. The summed E-state index contributed by atoms with van der Waals surface area (Å²) in [5.74, 6) is 1.89. The second-order valence-electron chi connectivity index (χ2n) is 9.53. The number of nitrogens with two attached hydrogens (primary N) is 1. The molecule has 1 aromatic rings. The van der Waals surface area contributed by atoms with Crippen molar-refractivity contribution in [1.82, 2.24) is 5.32 Å². The first-order valence-electron chi connectivity index (χ1n) is 10.4. The van der Waals surface area contributed by atoms with Crippen LogP contribution in [0.1, 0.15) is 50.5 Å². The third-order valence-corrected chi connectivity index (χ3v) is 8.40. The molecule has 2 atom stereocenters. The van der Waals surface area contributed by atoms with Crippen LogP contribution in [0.15, 0.2) is 23.2 Å². The highest BCUT2D eigenvalue weighted by Gasteiger charge is 2.59. The zero-order chi connectivity index (χ0) is 20.4. The third-order valence-electron chi connectivity index (χ3n) is 7.85. The zero-order valence-corrected chi connectivity index (χ0v) is 17.6. The molecule has 4 bridgehead atoms. The van der Waals surface area contributed by atoms with E-state index in [0.29, 0.717) is 27.8 Å². The summed E-state index contributed by atoms with van der Waals surface area (Å²) in [6.07, 6.45) is 8.71. The number of hydrogen-bond donors (Lipinski definition) is 2. The highest BCUT2D eigenvalue weighted by atomic mass is 35.5. The van der Waals surface area contributed by atoms with Crippen LogP contribution in [0.2, 0.25) is 10.0 Å². The van der Waals surface area contributed by atoms with Crippen molar-refractivity contribution < 1.29 is 4.79 Å². The predicted molar refractivity (Wildman–Crippen MR) is 113 cm³/mol. The summed E-state index contributed by atoms with van der Waals surface area (Å²) in [6, 6.07) is 5.68. The molecule has 3 N–H and O–H groups in total. The van der Waals surface area contributed by atoms with Gasteiger partial charge < -0.3 is 5.73 Å². The van der Waals surface area contributed by atoms with Crippen LogP contribution in [-0.4, -0.2) is 17.8 Å². The van der Waals surface area contributed by atoms with E-state index in [2.05, 4.69) is 11.5 Å². The number of nitriles is 1. The Morgan fingerprint density at radius 1 is 1.21 bits per heavy atom. The van der Waals surface area contributed by atoms with Crippen molar-refractivity contribution in [3.05, 3.63) is 33.8 Å². The quantitative estimate of drug-likeness (QED) is 0.324. The van der Waals surface area contributed by atoms with Gasteiger partial charge in [-0.2, -0.15) is 5.26 Å². The fourth-order valence-electron chi connectivity index (χ4n) is 6.62. The number of amidine groups is 1. The fraction of sp³-hybridized carbons (Fsp3) is 0.591. The molecule has 0 spiro atoms. The fourth-order valence-corrected chi connectivity index (χ4v) is 7.21. The molecule has 5 aliphatic rings. The molecule has 0 saturated heterocycles. The van der Waals surface area contributed by atoms with Gasteiger partial charge in [0, 0.05) is 15.5 Å². The normalized spacial score (nSPS) is 36.5. The van der Waals surface area contributed by atoms with Gasteiger partial charge in [-0.25, -0.2) is 0 Å². The summed E-state index contributed by atoms with van der Waals surface area (Å²) in [7, 11) is 0. The second-order valence-corrected chi connectivity index (χ2v) is 10.4. The monoisotopic (exact) mass is 430 g/mol. The molecule has 1 amide bonds. The van der Waals surface area contributed by atoms with Crippen LogP contribution in [0.4, 0.5) is 0 Å². The number of amides is 1. The van der Waals surface area contributed by atoms with Crippen molar-refractivity contribution in [2.75, 3.05) is 0 Å². The molecular formula is C22H24Cl2N4O. The molecule has 0 heterocycles. The van der Waals surface area contributed by atoms with Crippen LogP contribution in [0.25, 0.3) is 0 Å². The number of nitrogens with zero attached hydrogens (tertiary/aromatic N) is 2. The number of aliphatic imine (C=N–C) groups is 1. The van der Waals surface area contributed by atoms with Gasteiger partial charge in [0.05, 0.1) is 11.5 Å². The second kappa shape index (κ2) is 6.62. The average molecular weight is 431 g/mol. The number of benzene rings is 1. The molecule has 0 radical (unpaired) electrons. The summed E-state index contributed by atoms with van der Waals surface area (Å²) in [6.45, 7) is 0. The van der Waals surface area contributed by atoms with Crippen LogP contribution >= 0.6 is 23.2 Å². The van der Waals surface area contributed by atoms with Crippen molar-refractivity contribution in [2.24, 2.45) is 33.9 Å². The Labute approximate surface area is 180 Å². The molecule has 6 rings (SSSR count). The van der Waals surface area contributed by atoms with E-state index in [-0.39, 0.29) is 22.8 Å². The minimum Gasteiger partial charge on any atom is -0.369 e. The first-order valence-corrected chi connectivity index (χ1v) is 11.1. The molecule has 5 aliphatic carbocycles. The van der Waals surface area contributed by atoms with E-state index < -0.39 is 0 Å². The van der Waals surface area contributed by atoms with Crippen molar-refractivity contribution >= 4 is 34.9 Å². The molecule has 7 heteroatoms. The summed E-state index contributed by atoms with van der Waals surface area (Å²) in [4.78, 5) is 17.4. The highest BCUT2D eigenvalue weighted by molar-refractivity contribution is 6.35. The maximum atomic E-state index is 12.2. The summed E-state index contributed by atoms with van der Waals surface area (Å²) in [5.41, 5.74) is 6.12. The maximum Gasteiger partial charge on any atom is 0.223 e. The number of carbonyl (C=O) groups is 1. The number of hydrogen-bond acceptors (Lipinski definition) is 3. The molecule has 0 aliphatic heterocycles. The van der Waals surface area contributed by atoms with E-state index >= 15 is 0 Å². The number of halogens is 2. The van der Waals surface area contributed by atoms with Gasteiger partial charge in [-0.3, -0.25) is 15.1 Å². The Bertz CT molecular complexity index is 933. The predicted octanol–water partition coefficient (Wildman–Crippen LogP) is 4.17. The van der Waals surface area contributed by atoms with Gasteiger partial charge >= 0.3 is 0 Å². The number of rotatable bonds is 4. The van der Waals surface area contributed by atoms with Crippen molar-refractivity contribution in [2.45, 2.75) is 56.4 Å². The first-order chi connectivity index (χ1) is 13.9. The van der Waals surface area contributed by atoms with Gasteiger partial charge in [0.25, 0.3) is 0 Å². The minimum absolute atomic E-state index is 0.137. The van der Waals surface area contributed by atoms with Crippen LogP contribution in [0.5, 0.6) is 0 Å². The smallest absolute Gasteiger partial charge is 0.223 e. The van der Waals surface area contributed by atoms with Crippen LogP contribution in [0, 0.1) is 34.6 Å². The van der Waals surface area contributed by atoms with Gasteiger partial charge in [-0.15, -0.1) is 0 Å². The number of nitrogens with one attached hydrogen (secondary N) is 1. The largest absolute Gasteiger partial charge is 0.369 e. The van der Waals surface area contributed by atoms with Gasteiger partial charge in [-0.05, 0) is 80.4 Å². The summed E-state index contributed by atoms with van der Waals surface area (Å²) in [5, 5.41) is 13.5. The van der Waals surface area contributed by atoms with Crippen LogP contribution < -0.4 is 11.1 Å². The lowest BCUT2D eigenvalue weighted by Gasteiger charge is -2.57. The van der Waals surface area contributed by atoms with Crippen molar-refractivity contribution in [1.29, 1.82) is 5.26 Å². The molecular weight excluding hydrogens is 407 g/mol. The van der Waals surface area contributed by atoms with E-state index in [1.165, 1.54) is 0 Å². The Kier molecular flexibility index (Phi) is 4.38. The molecule has 29 heavy (non-hydrogen) atoms. The molecule has 0 aromatic heterocycles. The van der Waals surface area contributed by atoms with Crippen LogP contribution in [0.3, 0.4) is 0 Å². The van der Waals surface area contributed by atoms with Gasteiger partial charge in [-0.1, -0.05) is 29.3 Å². The minimum atomic E-state index is -0.340. The molecule has 2 unspecified atom stereocenters. The summed E-state index contributed by atoms with van der Waals surface area (Å²) >= 11 is 12.6. The summed E-state index contributed by atoms with van der Waals surface area (Å²) < 4.78 is 0. The number of carbonyl (C=O) groups excluding carboxylic acids is 1. The Morgan fingerprint density at radius 3 is 2.45 bits per heavy atom. The zero-order valence-electron chi connectivity index (χ0n) is 16.1. The maximum absolute atomic E-state index is 12.2. The lowest BCUT2D eigenvalue weighted by molar-refractivity contribution is -0.144. The average Bonchev–Trinajstić information content (AvgIpc) is 3.44. The van der Waals surface area contributed by atoms with Gasteiger partial charge in [0.1, 0.15) is 5.84 Å². The number of primary amides is 1. The molecule has 152 valence electrons. The van der Waals surface area contributed by atoms with Gasteiger partial charge in [0.15, 0.2) is 6.19 Å². The van der Waals surface area contributed by atoms with E-state index in [4.69, 9.17) is 33.9 Å². The first kappa shape index (κ1) is 19.2. The highest BCUT2D eigenvalue weighted by Crippen LogP contribution is 2.61. The molecule has 5 fully saturated rings. The van der Waals surface area contributed by atoms with Crippen molar-refractivity contribution in [3.8, 4) is 6.19 Å². The van der Waals surface area contributed by atoms with Gasteiger partial charge in [0.2, 0.25) is 5.91 Å². The van der Waals surface area contributed by atoms with E-state index in [1.54, 1.807) is 6.07 Å². The molecule has 5 saturated carbocycles. The van der Waals surface area contributed by atoms with E-state index in [9.17, 15) is 10.1 Å². The third kappa shape index (κ3) is 2.95. The van der Waals surface area contributed by atoms with Crippen LogP contribution in [-0.2, 0) is 10.2 Å². The van der Waals surface area contributed by atoms with E-state index in [0.717, 1.165) is 56.3 Å². The van der Waals surface area contributed by atoms with E-state index in [1.807, 2.05) is 12.1 Å². The SMILES string of the molecule is N#CNC(=NC1C2CC3CC1CC(C(N)=O)(C3)C2)C1(c2ccc(Cl)cc2Cl)CC1. The molecule has 1 aromatic carbocycles.